The lowest BCUT2D eigenvalue weighted by Gasteiger charge is -2.17. The van der Waals surface area contributed by atoms with E-state index in [9.17, 15) is 9.90 Å². The predicted molar refractivity (Wildman–Crippen MR) is 116 cm³/mol. The number of benzene rings is 3. The molecule has 0 aliphatic heterocycles. The molecule has 0 fully saturated rings. The van der Waals surface area contributed by atoms with Gasteiger partial charge in [-0.2, -0.15) is 0 Å². The van der Waals surface area contributed by atoms with E-state index in [4.69, 9.17) is 0 Å². The van der Waals surface area contributed by atoms with E-state index in [1.807, 2.05) is 48.5 Å². The lowest BCUT2D eigenvalue weighted by atomic mass is 10.0. The highest BCUT2D eigenvalue weighted by atomic mass is 16.3. The standard InChI is InChI=1S/C25H26N2O2/c28-24(16-26-23-14-20-9-4-5-10-21(20)15-23)17-27-25(29)22-12-6-11-19(13-22)18-7-2-1-3-8-18/h1-13,23-24,26,28H,14-17H2,(H,27,29). The van der Waals surface area contributed by atoms with Gasteiger partial charge in [-0.05, 0) is 47.2 Å². The lowest BCUT2D eigenvalue weighted by molar-refractivity contribution is 0.0914. The number of aliphatic hydroxyl groups excluding tert-OH is 1. The van der Waals surface area contributed by atoms with E-state index in [1.165, 1.54) is 11.1 Å². The molecule has 0 saturated carbocycles. The van der Waals surface area contributed by atoms with Gasteiger partial charge >= 0.3 is 0 Å². The second-order valence-corrected chi connectivity index (χ2v) is 7.59. The van der Waals surface area contributed by atoms with Crippen LogP contribution in [0.15, 0.2) is 78.9 Å². The second-order valence-electron chi connectivity index (χ2n) is 7.59. The Morgan fingerprint density at radius 2 is 1.52 bits per heavy atom. The van der Waals surface area contributed by atoms with Gasteiger partial charge in [0.2, 0.25) is 0 Å². The van der Waals surface area contributed by atoms with Crippen LogP contribution in [0, 0.1) is 0 Å². The number of aliphatic hydroxyl groups is 1. The third-order valence-electron chi connectivity index (χ3n) is 5.42. The van der Waals surface area contributed by atoms with E-state index >= 15 is 0 Å². The quantitative estimate of drug-likeness (QED) is 0.584. The van der Waals surface area contributed by atoms with Gasteiger partial charge in [0.1, 0.15) is 0 Å². The first kappa shape index (κ1) is 19.4. The van der Waals surface area contributed by atoms with Crippen molar-refractivity contribution in [2.75, 3.05) is 13.1 Å². The van der Waals surface area contributed by atoms with Gasteiger partial charge in [0.05, 0.1) is 6.10 Å². The summed E-state index contributed by atoms with van der Waals surface area (Å²) < 4.78 is 0. The maximum atomic E-state index is 12.5. The van der Waals surface area contributed by atoms with Crippen molar-refractivity contribution in [3.63, 3.8) is 0 Å². The maximum absolute atomic E-state index is 12.5. The van der Waals surface area contributed by atoms with Crippen LogP contribution >= 0.6 is 0 Å². The third-order valence-corrected chi connectivity index (χ3v) is 5.42. The van der Waals surface area contributed by atoms with E-state index in [2.05, 4.69) is 34.9 Å². The summed E-state index contributed by atoms with van der Waals surface area (Å²) in [5, 5.41) is 16.5. The molecule has 3 aromatic rings. The van der Waals surface area contributed by atoms with Crippen molar-refractivity contribution in [3.8, 4) is 11.1 Å². The first-order valence-corrected chi connectivity index (χ1v) is 10.1. The first-order chi connectivity index (χ1) is 14.2. The minimum absolute atomic E-state index is 0.171. The highest BCUT2D eigenvalue weighted by molar-refractivity contribution is 5.95. The summed E-state index contributed by atoms with van der Waals surface area (Å²) in [6, 6.07) is 26.3. The number of carbonyl (C=O) groups is 1. The van der Waals surface area contributed by atoms with Crippen LogP contribution in [0.25, 0.3) is 11.1 Å². The van der Waals surface area contributed by atoms with Gasteiger partial charge in [-0.1, -0.05) is 66.7 Å². The second kappa shape index (κ2) is 9.03. The average molecular weight is 386 g/mol. The normalized spacial score (nSPS) is 14.4. The van der Waals surface area contributed by atoms with Crippen molar-refractivity contribution in [1.82, 2.24) is 10.6 Å². The first-order valence-electron chi connectivity index (χ1n) is 10.1. The molecule has 0 aromatic heterocycles. The SMILES string of the molecule is O=C(NCC(O)CNC1Cc2ccccc2C1)c1cccc(-c2ccccc2)c1. The Labute approximate surface area is 171 Å². The zero-order valence-corrected chi connectivity index (χ0v) is 16.3. The van der Waals surface area contributed by atoms with Gasteiger partial charge in [-0.3, -0.25) is 4.79 Å². The van der Waals surface area contributed by atoms with Crippen molar-refractivity contribution >= 4 is 5.91 Å². The van der Waals surface area contributed by atoms with Gasteiger partial charge < -0.3 is 15.7 Å². The Hall–Kier alpha value is -2.95. The van der Waals surface area contributed by atoms with Gasteiger partial charge in [0.15, 0.2) is 0 Å². The predicted octanol–water partition coefficient (Wildman–Crippen LogP) is 3.20. The summed E-state index contributed by atoms with van der Waals surface area (Å²) in [4.78, 5) is 12.5. The summed E-state index contributed by atoms with van der Waals surface area (Å²) >= 11 is 0. The molecule has 1 aliphatic carbocycles. The number of nitrogens with one attached hydrogen (secondary N) is 2. The molecule has 3 aromatic carbocycles. The molecule has 0 saturated heterocycles. The summed E-state index contributed by atoms with van der Waals surface area (Å²) in [5.41, 5.74) is 5.43. The Morgan fingerprint density at radius 3 is 2.24 bits per heavy atom. The van der Waals surface area contributed by atoms with Gasteiger partial charge in [-0.15, -0.1) is 0 Å². The maximum Gasteiger partial charge on any atom is 0.251 e. The molecule has 148 valence electrons. The van der Waals surface area contributed by atoms with E-state index < -0.39 is 6.10 Å². The van der Waals surface area contributed by atoms with Crippen molar-refractivity contribution < 1.29 is 9.90 Å². The molecule has 0 spiro atoms. The molecule has 4 nitrogen and oxygen atoms in total. The van der Waals surface area contributed by atoms with Crippen LogP contribution in [0.4, 0.5) is 0 Å². The van der Waals surface area contributed by atoms with Gasteiger partial charge in [-0.25, -0.2) is 0 Å². The van der Waals surface area contributed by atoms with Crippen molar-refractivity contribution in [2.45, 2.75) is 25.0 Å². The summed E-state index contributed by atoms with van der Waals surface area (Å²) in [7, 11) is 0. The summed E-state index contributed by atoms with van der Waals surface area (Å²) in [5.74, 6) is -0.171. The third kappa shape index (κ3) is 4.91. The van der Waals surface area contributed by atoms with Crippen LogP contribution in [0.1, 0.15) is 21.5 Å². The van der Waals surface area contributed by atoms with Crippen LogP contribution in [0.3, 0.4) is 0 Å². The minimum atomic E-state index is -0.625. The fourth-order valence-electron chi connectivity index (χ4n) is 3.86. The zero-order valence-electron chi connectivity index (χ0n) is 16.3. The van der Waals surface area contributed by atoms with Crippen LogP contribution in [-0.4, -0.2) is 36.2 Å². The van der Waals surface area contributed by atoms with Crippen LogP contribution in [0.2, 0.25) is 0 Å². The smallest absolute Gasteiger partial charge is 0.251 e. The zero-order chi connectivity index (χ0) is 20.1. The van der Waals surface area contributed by atoms with E-state index in [0.717, 1.165) is 24.0 Å². The van der Waals surface area contributed by atoms with E-state index in [0.29, 0.717) is 18.2 Å². The lowest BCUT2D eigenvalue weighted by Crippen LogP contribution is -2.41. The Bertz CT molecular complexity index is 946. The number of carbonyl (C=O) groups excluding carboxylic acids is 1. The Kier molecular flexibility index (Phi) is 6.03. The number of rotatable bonds is 7. The molecule has 1 aliphatic rings. The van der Waals surface area contributed by atoms with Crippen molar-refractivity contribution in [3.05, 3.63) is 95.6 Å². The van der Waals surface area contributed by atoms with Crippen molar-refractivity contribution in [1.29, 1.82) is 0 Å². The number of hydrogen-bond donors (Lipinski definition) is 3. The monoisotopic (exact) mass is 386 g/mol. The Balaban J connectivity index is 1.25. The van der Waals surface area contributed by atoms with Crippen LogP contribution in [-0.2, 0) is 12.8 Å². The fraction of sp³-hybridized carbons (Fsp3) is 0.240. The number of amides is 1. The molecular weight excluding hydrogens is 360 g/mol. The Morgan fingerprint density at radius 1 is 0.862 bits per heavy atom. The molecular formula is C25H26N2O2. The van der Waals surface area contributed by atoms with E-state index in [1.54, 1.807) is 6.07 Å². The summed E-state index contributed by atoms with van der Waals surface area (Å²) in [6.07, 6.45) is 1.35. The molecule has 0 radical (unpaired) electrons. The molecule has 0 bridgehead atoms. The number of hydrogen-bond acceptors (Lipinski definition) is 3. The van der Waals surface area contributed by atoms with Gasteiger partial charge in [0, 0.05) is 24.7 Å². The minimum Gasteiger partial charge on any atom is -0.390 e. The molecule has 1 amide bonds. The van der Waals surface area contributed by atoms with E-state index in [-0.39, 0.29) is 12.5 Å². The van der Waals surface area contributed by atoms with Crippen LogP contribution < -0.4 is 10.6 Å². The number of fused-ring (bicyclic) bond motifs is 1. The topological polar surface area (TPSA) is 61.4 Å². The highest BCUT2D eigenvalue weighted by Gasteiger charge is 2.21. The molecule has 3 N–H and O–H groups in total. The molecule has 29 heavy (non-hydrogen) atoms. The van der Waals surface area contributed by atoms with Crippen LogP contribution in [0.5, 0.6) is 0 Å². The molecule has 4 heteroatoms. The molecule has 1 atom stereocenters. The molecule has 4 rings (SSSR count). The highest BCUT2D eigenvalue weighted by Crippen LogP contribution is 2.22. The summed E-state index contributed by atoms with van der Waals surface area (Å²) in [6.45, 7) is 0.685. The average Bonchev–Trinajstić information content (AvgIpc) is 3.20. The largest absolute Gasteiger partial charge is 0.390 e. The molecule has 0 heterocycles. The van der Waals surface area contributed by atoms with Crippen molar-refractivity contribution in [2.24, 2.45) is 0 Å². The molecule has 1 unspecified atom stereocenters. The van der Waals surface area contributed by atoms with Gasteiger partial charge in [0.25, 0.3) is 5.91 Å². The fourth-order valence-corrected chi connectivity index (χ4v) is 3.86.